The minimum Gasteiger partial charge on any atom is -0.480 e. The van der Waals surface area contributed by atoms with Crippen LogP contribution in [0.15, 0.2) is 24.3 Å². The molecule has 3 N–H and O–H groups in total. The molecule has 22 heavy (non-hydrogen) atoms. The van der Waals surface area contributed by atoms with Crippen molar-refractivity contribution in [3.63, 3.8) is 0 Å². The van der Waals surface area contributed by atoms with Crippen LogP contribution in [-0.2, 0) is 14.4 Å². The highest BCUT2D eigenvalue weighted by Crippen LogP contribution is 2.17. The van der Waals surface area contributed by atoms with E-state index in [0.717, 1.165) is 5.56 Å². The summed E-state index contributed by atoms with van der Waals surface area (Å²) in [5.74, 6) is -2.41. The van der Waals surface area contributed by atoms with Crippen LogP contribution in [0.5, 0.6) is 0 Å². The number of benzene rings is 1. The topological polar surface area (TPSA) is 95.5 Å². The highest BCUT2D eigenvalue weighted by Gasteiger charge is 2.23. The molecule has 2 amide bonds. The Bertz CT molecular complexity index is 545. The van der Waals surface area contributed by atoms with Gasteiger partial charge in [0.25, 0.3) is 0 Å². The van der Waals surface area contributed by atoms with Gasteiger partial charge in [0, 0.05) is 6.92 Å². The van der Waals surface area contributed by atoms with Crippen LogP contribution in [-0.4, -0.2) is 35.6 Å². The number of rotatable bonds is 7. The van der Waals surface area contributed by atoms with E-state index in [0.29, 0.717) is 5.56 Å². The van der Waals surface area contributed by atoms with Crippen LogP contribution in [0.4, 0.5) is 4.39 Å². The fourth-order valence-corrected chi connectivity index (χ4v) is 1.90. The molecular weight excluding hydrogens is 291 g/mol. The van der Waals surface area contributed by atoms with Gasteiger partial charge in [0.15, 0.2) is 6.04 Å². The zero-order valence-corrected chi connectivity index (χ0v) is 12.4. The smallest absolute Gasteiger partial charge is 0.328 e. The molecular formula is C15H19FN2O4. The quantitative estimate of drug-likeness (QED) is 0.703. The second kappa shape index (κ2) is 8.11. The Morgan fingerprint density at radius 1 is 1.18 bits per heavy atom. The molecule has 2 unspecified atom stereocenters. The predicted octanol–water partition coefficient (Wildman–Crippen LogP) is 1.10. The first kappa shape index (κ1) is 17.6. The number of carboxylic acids is 1. The molecule has 0 fully saturated rings. The van der Waals surface area contributed by atoms with Crippen LogP contribution >= 0.6 is 0 Å². The van der Waals surface area contributed by atoms with Gasteiger partial charge in [-0.05, 0) is 12.5 Å². The van der Waals surface area contributed by atoms with E-state index in [9.17, 15) is 18.8 Å². The van der Waals surface area contributed by atoms with E-state index in [1.807, 2.05) is 19.1 Å². The maximum atomic E-state index is 12.5. The van der Waals surface area contributed by atoms with Gasteiger partial charge in [-0.3, -0.25) is 9.59 Å². The van der Waals surface area contributed by atoms with Gasteiger partial charge in [0.2, 0.25) is 11.8 Å². The zero-order chi connectivity index (χ0) is 16.7. The number of alkyl halides is 1. The van der Waals surface area contributed by atoms with Gasteiger partial charge < -0.3 is 15.7 Å². The maximum Gasteiger partial charge on any atom is 0.328 e. The van der Waals surface area contributed by atoms with Crippen LogP contribution < -0.4 is 10.6 Å². The average molecular weight is 310 g/mol. The average Bonchev–Trinajstić information content (AvgIpc) is 2.44. The van der Waals surface area contributed by atoms with Crippen molar-refractivity contribution in [2.45, 2.75) is 32.4 Å². The van der Waals surface area contributed by atoms with Gasteiger partial charge in [0.1, 0.15) is 6.67 Å². The molecule has 2 atom stereocenters. The van der Waals surface area contributed by atoms with E-state index < -0.39 is 30.6 Å². The lowest BCUT2D eigenvalue weighted by molar-refractivity contribution is -0.142. The highest BCUT2D eigenvalue weighted by atomic mass is 19.1. The second-order valence-electron chi connectivity index (χ2n) is 4.98. The molecule has 0 spiro atoms. The number of aryl methyl sites for hydroxylation is 1. The van der Waals surface area contributed by atoms with E-state index in [2.05, 4.69) is 10.6 Å². The molecule has 120 valence electrons. The molecule has 0 aliphatic heterocycles. The van der Waals surface area contributed by atoms with E-state index in [1.165, 1.54) is 6.92 Å². The summed E-state index contributed by atoms with van der Waals surface area (Å²) in [7, 11) is 0. The van der Waals surface area contributed by atoms with Crippen molar-refractivity contribution in [3.05, 3.63) is 35.4 Å². The van der Waals surface area contributed by atoms with Crippen molar-refractivity contribution in [1.29, 1.82) is 0 Å². The molecule has 6 nitrogen and oxygen atoms in total. The molecule has 0 aliphatic rings. The van der Waals surface area contributed by atoms with E-state index in [-0.39, 0.29) is 12.3 Å². The molecule has 0 aromatic heterocycles. The van der Waals surface area contributed by atoms with Crippen LogP contribution in [0.3, 0.4) is 0 Å². The van der Waals surface area contributed by atoms with Gasteiger partial charge in [0.05, 0.1) is 12.5 Å². The third-order valence-corrected chi connectivity index (χ3v) is 3.03. The molecule has 1 rings (SSSR count). The third kappa shape index (κ3) is 5.51. The van der Waals surface area contributed by atoms with Crippen LogP contribution in [0, 0.1) is 6.92 Å². The lowest BCUT2D eigenvalue weighted by atomic mass is 10.0. The summed E-state index contributed by atoms with van der Waals surface area (Å²) in [6, 6.07) is 5.03. The van der Waals surface area contributed by atoms with Gasteiger partial charge in [-0.15, -0.1) is 0 Å². The van der Waals surface area contributed by atoms with E-state index in [1.54, 1.807) is 12.1 Å². The monoisotopic (exact) mass is 310 g/mol. The number of carbonyl (C=O) groups is 3. The first-order chi connectivity index (χ1) is 10.3. The number of carboxylic acid groups (broad SMARTS) is 1. The minimum atomic E-state index is -1.58. The van der Waals surface area contributed by atoms with Crippen molar-refractivity contribution in [3.8, 4) is 0 Å². The van der Waals surface area contributed by atoms with Gasteiger partial charge in [-0.2, -0.15) is 0 Å². The predicted molar refractivity (Wildman–Crippen MR) is 77.9 cm³/mol. The summed E-state index contributed by atoms with van der Waals surface area (Å²) in [6.45, 7) is 2.03. The van der Waals surface area contributed by atoms with Crippen molar-refractivity contribution in [1.82, 2.24) is 10.6 Å². The Kier molecular flexibility index (Phi) is 6.49. The number of halogens is 1. The van der Waals surface area contributed by atoms with Crippen molar-refractivity contribution < 1.29 is 23.9 Å². The molecule has 0 bridgehead atoms. The third-order valence-electron chi connectivity index (χ3n) is 3.03. The maximum absolute atomic E-state index is 12.5. The SMILES string of the molecule is CC(=O)NC(CC(=O)NC(CF)C(=O)O)c1ccc(C)cc1. The largest absolute Gasteiger partial charge is 0.480 e. The molecule has 1 aromatic rings. The van der Waals surface area contributed by atoms with Gasteiger partial charge in [-0.25, -0.2) is 9.18 Å². The Morgan fingerprint density at radius 2 is 1.77 bits per heavy atom. The number of carbonyl (C=O) groups excluding carboxylic acids is 2. The van der Waals surface area contributed by atoms with Crippen molar-refractivity contribution in [2.24, 2.45) is 0 Å². The standard InChI is InChI=1S/C15H19FN2O4/c1-9-3-5-11(6-4-9)12(17-10(2)19)7-14(20)18-13(8-16)15(21)22/h3-6,12-13H,7-8H2,1-2H3,(H,17,19)(H,18,20)(H,21,22). The first-order valence-electron chi connectivity index (χ1n) is 6.75. The lowest BCUT2D eigenvalue weighted by Crippen LogP contribution is -2.43. The number of aliphatic carboxylic acids is 1. The van der Waals surface area contributed by atoms with Crippen LogP contribution in [0.25, 0.3) is 0 Å². The molecule has 0 heterocycles. The Hall–Kier alpha value is -2.44. The molecule has 0 saturated carbocycles. The van der Waals surface area contributed by atoms with Crippen molar-refractivity contribution >= 4 is 17.8 Å². The van der Waals surface area contributed by atoms with Gasteiger partial charge >= 0.3 is 5.97 Å². The normalized spacial score (nSPS) is 13.0. The van der Waals surface area contributed by atoms with Gasteiger partial charge in [-0.1, -0.05) is 29.8 Å². The first-order valence-corrected chi connectivity index (χ1v) is 6.75. The van der Waals surface area contributed by atoms with E-state index in [4.69, 9.17) is 5.11 Å². The summed E-state index contributed by atoms with van der Waals surface area (Å²) in [4.78, 5) is 33.8. The molecule has 1 aromatic carbocycles. The fraction of sp³-hybridized carbons (Fsp3) is 0.400. The Balaban J connectivity index is 2.80. The number of amides is 2. The molecule has 7 heteroatoms. The van der Waals surface area contributed by atoms with Crippen LogP contribution in [0.2, 0.25) is 0 Å². The minimum absolute atomic E-state index is 0.174. The Morgan fingerprint density at radius 3 is 2.23 bits per heavy atom. The zero-order valence-electron chi connectivity index (χ0n) is 12.4. The lowest BCUT2D eigenvalue weighted by Gasteiger charge is -2.19. The number of hydrogen-bond donors (Lipinski definition) is 3. The summed E-state index contributed by atoms with van der Waals surface area (Å²) >= 11 is 0. The number of nitrogens with one attached hydrogen (secondary N) is 2. The summed E-state index contributed by atoms with van der Waals surface area (Å²) < 4.78 is 12.5. The number of hydrogen-bond acceptors (Lipinski definition) is 3. The molecule has 0 aliphatic carbocycles. The summed E-state index contributed by atoms with van der Waals surface area (Å²) in [5.41, 5.74) is 1.74. The summed E-state index contributed by atoms with van der Waals surface area (Å²) in [6.07, 6.45) is -0.174. The molecule has 0 saturated heterocycles. The molecule has 0 radical (unpaired) electrons. The fourth-order valence-electron chi connectivity index (χ4n) is 1.90. The van der Waals surface area contributed by atoms with Crippen LogP contribution in [0.1, 0.15) is 30.5 Å². The van der Waals surface area contributed by atoms with Crippen molar-refractivity contribution in [2.75, 3.05) is 6.67 Å². The van der Waals surface area contributed by atoms with E-state index >= 15 is 0 Å². The second-order valence-corrected chi connectivity index (χ2v) is 4.98. The summed E-state index contributed by atoms with van der Waals surface area (Å²) in [5, 5.41) is 13.4. The Labute approximate surface area is 127 Å². The highest BCUT2D eigenvalue weighted by molar-refractivity contribution is 5.84.